The molecule has 36 heavy (non-hydrogen) atoms. The van der Waals surface area contributed by atoms with E-state index >= 15 is 0 Å². The maximum absolute atomic E-state index is 12.2. The lowest BCUT2D eigenvalue weighted by Gasteiger charge is -2.23. The zero-order valence-electron chi connectivity index (χ0n) is 20.8. The molecule has 3 heterocycles. The van der Waals surface area contributed by atoms with Crippen LogP contribution in [0.3, 0.4) is 0 Å². The van der Waals surface area contributed by atoms with Crippen molar-refractivity contribution in [1.82, 2.24) is 20.3 Å². The van der Waals surface area contributed by atoms with E-state index in [9.17, 15) is 4.79 Å². The Morgan fingerprint density at radius 1 is 1.08 bits per heavy atom. The van der Waals surface area contributed by atoms with Crippen molar-refractivity contribution in [3.05, 3.63) is 72.1 Å². The van der Waals surface area contributed by atoms with Crippen molar-refractivity contribution in [3.8, 4) is 22.9 Å². The second-order valence-corrected chi connectivity index (χ2v) is 9.20. The summed E-state index contributed by atoms with van der Waals surface area (Å²) in [5, 5.41) is 8.84. The number of piperidine rings is 1. The molecule has 2 aromatic heterocycles. The monoisotopic (exact) mass is 481 g/mol. The van der Waals surface area contributed by atoms with Crippen LogP contribution in [0.15, 0.2) is 60.9 Å². The number of rotatable bonds is 8. The predicted octanol–water partition coefficient (Wildman–Crippen LogP) is 5.48. The number of aromatic nitrogens is 3. The van der Waals surface area contributed by atoms with E-state index in [1.165, 1.54) is 0 Å². The maximum atomic E-state index is 12.2. The van der Waals surface area contributed by atoms with E-state index in [1.807, 2.05) is 56.3 Å². The predicted molar refractivity (Wildman–Crippen MR) is 143 cm³/mol. The number of anilines is 1. The van der Waals surface area contributed by atoms with Gasteiger partial charge in [-0.05, 0) is 61.0 Å². The van der Waals surface area contributed by atoms with Gasteiger partial charge >= 0.3 is 0 Å². The van der Waals surface area contributed by atoms with Crippen molar-refractivity contribution >= 4 is 22.5 Å². The molecule has 1 fully saturated rings. The van der Waals surface area contributed by atoms with Crippen LogP contribution in [0, 0.1) is 6.92 Å². The summed E-state index contributed by atoms with van der Waals surface area (Å²) in [7, 11) is 0. The molecule has 1 saturated heterocycles. The highest BCUT2D eigenvalue weighted by Gasteiger charge is 2.17. The third-order valence-electron chi connectivity index (χ3n) is 6.61. The molecule has 2 aromatic carbocycles. The van der Waals surface area contributed by atoms with Crippen molar-refractivity contribution in [2.75, 3.05) is 18.4 Å². The molecular weight excluding hydrogens is 450 g/mol. The summed E-state index contributed by atoms with van der Waals surface area (Å²) in [6, 6.07) is 16.2. The first-order chi connectivity index (χ1) is 17.6. The van der Waals surface area contributed by atoms with E-state index in [0.717, 1.165) is 64.8 Å². The second kappa shape index (κ2) is 10.8. The van der Waals surface area contributed by atoms with Crippen LogP contribution in [-0.4, -0.2) is 39.9 Å². The molecule has 7 nitrogen and oxygen atoms in total. The van der Waals surface area contributed by atoms with Crippen LogP contribution in [0.5, 0.6) is 11.6 Å². The lowest BCUT2D eigenvalue weighted by atomic mass is 9.97. The summed E-state index contributed by atoms with van der Waals surface area (Å²) in [6.07, 6.45) is 6.65. The molecule has 7 heteroatoms. The van der Waals surface area contributed by atoms with E-state index in [1.54, 1.807) is 12.4 Å². The fourth-order valence-electron chi connectivity index (χ4n) is 4.63. The second-order valence-electron chi connectivity index (χ2n) is 9.20. The fraction of sp³-hybridized carbons (Fsp3) is 0.310. The van der Waals surface area contributed by atoms with Gasteiger partial charge in [-0.25, -0.2) is 15.0 Å². The summed E-state index contributed by atoms with van der Waals surface area (Å²) in [5.74, 6) is 2.03. The van der Waals surface area contributed by atoms with Crippen LogP contribution in [0.1, 0.15) is 37.3 Å². The van der Waals surface area contributed by atoms with Crippen molar-refractivity contribution in [2.24, 2.45) is 0 Å². The highest BCUT2D eigenvalue weighted by atomic mass is 16.5. The van der Waals surface area contributed by atoms with E-state index in [-0.39, 0.29) is 5.78 Å². The minimum atomic E-state index is 0.217. The summed E-state index contributed by atoms with van der Waals surface area (Å²) in [4.78, 5) is 25.9. The number of carbonyl (C=O) groups excluding carboxylic acids is 1. The standard InChI is InChI=1S/C29H31N5O2/c1-3-22(35)17-20-7-4-9-24-23(20)12-11-19(2)27(24)36-28-25(10-6-15-31-28)26-13-16-32-29(34-26)33-21-8-5-14-30-18-21/h4,6-7,9-13,15-16,21,30H,3,5,8,14,17-18H2,1-2H3,(H,32,33,34)/t21-/m0/s1. The Labute approximate surface area is 211 Å². The van der Waals surface area contributed by atoms with Crippen molar-refractivity contribution in [1.29, 1.82) is 0 Å². The van der Waals surface area contributed by atoms with Gasteiger partial charge in [-0.2, -0.15) is 0 Å². The third-order valence-corrected chi connectivity index (χ3v) is 6.61. The SMILES string of the molecule is CCC(=O)Cc1cccc2c(Oc3ncccc3-c3ccnc(N[C@H]4CCCNC4)n3)c(C)ccc12. The number of nitrogens with one attached hydrogen (secondary N) is 2. The molecule has 184 valence electrons. The van der Waals surface area contributed by atoms with E-state index in [0.29, 0.717) is 30.7 Å². The molecule has 0 aliphatic carbocycles. The first kappa shape index (κ1) is 23.9. The summed E-state index contributed by atoms with van der Waals surface area (Å²) >= 11 is 0. The van der Waals surface area contributed by atoms with Crippen LogP contribution in [0.2, 0.25) is 0 Å². The Hall–Kier alpha value is -3.84. The number of hydrogen-bond donors (Lipinski definition) is 2. The Morgan fingerprint density at radius 2 is 2.00 bits per heavy atom. The number of pyridine rings is 1. The minimum Gasteiger partial charge on any atom is -0.437 e. The van der Waals surface area contributed by atoms with Gasteiger partial charge < -0.3 is 15.4 Å². The number of ether oxygens (including phenoxy) is 1. The molecule has 1 atom stereocenters. The van der Waals surface area contributed by atoms with E-state index in [4.69, 9.17) is 9.72 Å². The van der Waals surface area contributed by atoms with Crippen LogP contribution < -0.4 is 15.4 Å². The van der Waals surface area contributed by atoms with Gasteiger partial charge in [0.2, 0.25) is 11.8 Å². The van der Waals surface area contributed by atoms with Gasteiger partial charge in [-0.1, -0.05) is 37.3 Å². The number of fused-ring (bicyclic) bond motifs is 1. The van der Waals surface area contributed by atoms with Gasteiger partial charge in [0.15, 0.2) is 0 Å². The van der Waals surface area contributed by atoms with E-state index < -0.39 is 0 Å². The van der Waals surface area contributed by atoms with Gasteiger partial charge in [0, 0.05) is 43.2 Å². The van der Waals surface area contributed by atoms with Crippen molar-refractivity contribution in [3.63, 3.8) is 0 Å². The Bertz CT molecular complexity index is 1380. The Kier molecular flexibility index (Phi) is 7.18. The summed E-state index contributed by atoms with van der Waals surface area (Å²) in [5.41, 5.74) is 3.53. The fourth-order valence-corrected chi connectivity index (χ4v) is 4.63. The zero-order valence-corrected chi connectivity index (χ0v) is 20.8. The van der Waals surface area contributed by atoms with Gasteiger partial charge in [0.25, 0.3) is 0 Å². The number of hydrogen-bond acceptors (Lipinski definition) is 7. The third kappa shape index (κ3) is 5.21. The molecule has 4 aromatic rings. The first-order valence-corrected chi connectivity index (χ1v) is 12.6. The summed E-state index contributed by atoms with van der Waals surface area (Å²) in [6.45, 7) is 5.88. The van der Waals surface area contributed by atoms with Crippen LogP contribution >= 0.6 is 0 Å². The first-order valence-electron chi connectivity index (χ1n) is 12.6. The highest BCUT2D eigenvalue weighted by molar-refractivity contribution is 5.95. The number of ketones is 1. The van der Waals surface area contributed by atoms with Crippen LogP contribution in [0.4, 0.5) is 5.95 Å². The molecule has 0 saturated carbocycles. The molecule has 5 rings (SSSR count). The number of aryl methyl sites for hydroxylation is 1. The van der Waals surface area contributed by atoms with Crippen molar-refractivity contribution in [2.45, 2.75) is 45.6 Å². The molecule has 2 N–H and O–H groups in total. The van der Waals surface area contributed by atoms with Gasteiger partial charge in [-0.15, -0.1) is 0 Å². The molecule has 0 unspecified atom stereocenters. The average Bonchev–Trinajstić information content (AvgIpc) is 2.91. The summed E-state index contributed by atoms with van der Waals surface area (Å²) < 4.78 is 6.50. The van der Waals surface area contributed by atoms with Gasteiger partial charge in [0.1, 0.15) is 11.5 Å². The smallest absolute Gasteiger partial charge is 0.228 e. The highest BCUT2D eigenvalue weighted by Crippen LogP contribution is 2.37. The number of Topliss-reactive ketones (excluding diaryl/α,β-unsaturated/α-hetero) is 1. The normalized spacial score (nSPS) is 15.6. The minimum absolute atomic E-state index is 0.217. The lowest BCUT2D eigenvalue weighted by Crippen LogP contribution is -2.38. The van der Waals surface area contributed by atoms with Gasteiger partial charge in [0.05, 0.1) is 11.3 Å². The molecule has 0 spiro atoms. The zero-order chi connectivity index (χ0) is 24.9. The quantitative estimate of drug-likeness (QED) is 0.345. The number of benzene rings is 2. The molecule has 1 aliphatic heterocycles. The van der Waals surface area contributed by atoms with Crippen molar-refractivity contribution < 1.29 is 9.53 Å². The van der Waals surface area contributed by atoms with Crippen LogP contribution in [-0.2, 0) is 11.2 Å². The largest absolute Gasteiger partial charge is 0.437 e. The number of carbonyl (C=O) groups is 1. The lowest BCUT2D eigenvalue weighted by molar-refractivity contribution is -0.118. The van der Waals surface area contributed by atoms with Gasteiger partial charge in [-0.3, -0.25) is 4.79 Å². The topological polar surface area (TPSA) is 89.0 Å². The maximum Gasteiger partial charge on any atom is 0.228 e. The molecule has 0 radical (unpaired) electrons. The number of nitrogens with zero attached hydrogens (tertiary/aromatic N) is 3. The average molecular weight is 482 g/mol. The Balaban J connectivity index is 1.49. The molecular formula is C29H31N5O2. The molecule has 0 amide bonds. The molecule has 1 aliphatic rings. The van der Waals surface area contributed by atoms with E-state index in [2.05, 4.69) is 26.7 Å². The van der Waals surface area contributed by atoms with Crippen LogP contribution in [0.25, 0.3) is 22.0 Å². The molecule has 0 bridgehead atoms. The Morgan fingerprint density at radius 3 is 2.83 bits per heavy atom.